The predicted octanol–water partition coefficient (Wildman–Crippen LogP) is 18.1. The first-order chi connectivity index (χ1) is 35.0. The highest BCUT2D eigenvalue weighted by atomic mass is 32.1. The number of nitrogens with zero attached hydrogens (tertiary/aromatic N) is 1. The molecule has 0 radical (unpaired) electrons. The number of fused-ring (bicyclic) bond motifs is 7. The van der Waals surface area contributed by atoms with Gasteiger partial charge in [-0.3, -0.25) is 0 Å². The van der Waals surface area contributed by atoms with Crippen molar-refractivity contribution in [3.63, 3.8) is 0 Å². The fourth-order valence-corrected chi connectivity index (χ4v) is 13.2. The van der Waals surface area contributed by atoms with Gasteiger partial charge in [0.1, 0.15) is 0 Å². The second-order valence-corrected chi connectivity index (χ2v) is 19.9. The van der Waals surface area contributed by atoms with Gasteiger partial charge in [-0.25, -0.2) is 0 Å². The minimum Gasteiger partial charge on any atom is -0.310 e. The molecule has 1 heterocycles. The van der Waals surface area contributed by atoms with E-state index >= 15 is 0 Å². The van der Waals surface area contributed by atoms with Crippen LogP contribution in [0.25, 0.3) is 44.0 Å². The molecule has 1 nitrogen and oxygen atoms in total. The van der Waals surface area contributed by atoms with Crippen LogP contribution in [0.1, 0.15) is 60.5 Å². The third kappa shape index (κ3) is 6.59. The van der Waals surface area contributed by atoms with Crippen molar-refractivity contribution in [2.24, 2.45) is 0 Å². The van der Waals surface area contributed by atoms with Gasteiger partial charge in [0.15, 0.2) is 0 Å². The molecular formula is C69H49NS. The van der Waals surface area contributed by atoms with E-state index in [0.717, 1.165) is 28.2 Å². The molecule has 2 aliphatic carbocycles. The van der Waals surface area contributed by atoms with Crippen molar-refractivity contribution < 1.29 is 0 Å². The molecule has 0 bridgehead atoms. The van der Waals surface area contributed by atoms with E-state index < -0.39 is 10.8 Å². The Morgan fingerprint density at radius 1 is 0.408 bits per heavy atom. The number of anilines is 3. The largest absolute Gasteiger partial charge is 0.310 e. The fraction of sp³-hybridized carbons (Fsp3) is 0.0435. The molecular weight excluding hydrogens is 875 g/mol. The number of rotatable bonds is 10. The predicted molar refractivity (Wildman–Crippen MR) is 300 cm³/mol. The van der Waals surface area contributed by atoms with Crippen LogP contribution in [0.15, 0.2) is 267 Å². The average Bonchev–Trinajstić information content (AvgIpc) is 4.04. The van der Waals surface area contributed by atoms with Crippen molar-refractivity contribution >= 4 is 50.1 Å². The topological polar surface area (TPSA) is 3.24 Å². The van der Waals surface area contributed by atoms with Gasteiger partial charge >= 0.3 is 0 Å². The zero-order valence-electron chi connectivity index (χ0n) is 39.5. The van der Waals surface area contributed by atoms with Gasteiger partial charge in [-0.2, -0.15) is 0 Å². The molecule has 2 aliphatic rings. The molecule has 10 aromatic carbocycles. The smallest absolute Gasteiger partial charge is 0.0714 e. The lowest BCUT2D eigenvalue weighted by atomic mass is 9.67. The monoisotopic (exact) mass is 923 g/mol. The zero-order valence-corrected chi connectivity index (χ0v) is 40.3. The first-order valence-corrected chi connectivity index (χ1v) is 25.3. The molecule has 13 rings (SSSR count). The van der Waals surface area contributed by atoms with Crippen molar-refractivity contribution in [3.05, 3.63) is 328 Å². The SMILES string of the molecule is C=C(/C=C\c1sc2ccccc2c1C)c1cccc(N(c2ccc3c(c2)C(c2ccccc2)(c2ccccc2)c2ccccc2-3)c2ccc3c(c2)C(c2ccccc2)(c2ccccc2)c2ccccc2-3)c1. The van der Waals surface area contributed by atoms with E-state index in [1.165, 1.54) is 87.3 Å². The Labute approximate surface area is 420 Å². The number of benzene rings is 10. The number of thiophene rings is 1. The van der Waals surface area contributed by atoms with E-state index in [9.17, 15) is 0 Å². The summed E-state index contributed by atoms with van der Waals surface area (Å²) in [6, 6.07) is 94.3. The lowest BCUT2D eigenvalue weighted by Crippen LogP contribution is -2.29. The summed E-state index contributed by atoms with van der Waals surface area (Å²) in [4.78, 5) is 3.73. The van der Waals surface area contributed by atoms with Crippen molar-refractivity contribution in [1.82, 2.24) is 0 Å². The molecule has 0 fully saturated rings. The molecule has 0 saturated carbocycles. The van der Waals surface area contributed by atoms with Gasteiger partial charge in [0.25, 0.3) is 0 Å². The summed E-state index contributed by atoms with van der Waals surface area (Å²) >= 11 is 1.83. The molecule has 2 heteroatoms. The van der Waals surface area contributed by atoms with Gasteiger partial charge in [-0.05, 0) is 144 Å². The Bertz CT molecular complexity index is 3580. The highest BCUT2D eigenvalue weighted by Gasteiger charge is 2.48. The number of aryl methyl sites for hydroxylation is 1. The van der Waals surface area contributed by atoms with Gasteiger partial charge in [0.2, 0.25) is 0 Å². The Hall–Kier alpha value is -8.56. The third-order valence-electron chi connectivity index (χ3n) is 15.2. The molecule has 0 N–H and O–H groups in total. The molecule has 0 aliphatic heterocycles. The van der Waals surface area contributed by atoms with Crippen LogP contribution in [0.5, 0.6) is 0 Å². The van der Waals surface area contributed by atoms with Crippen LogP contribution in [-0.4, -0.2) is 0 Å². The van der Waals surface area contributed by atoms with Gasteiger partial charge in [0.05, 0.1) is 10.8 Å². The van der Waals surface area contributed by atoms with E-state index in [-0.39, 0.29) is 0 Å². The highest BCUT2D eigenvalue weighted by molar-refractivity contribution is 7.20. The third-order valence-corrected chi connectivity index (χ3v) is 16.4. The summed E-state index contributed by atoms with van der Waals surface area (Å²) in [5.41, 5.74) is 20.5. The molecule has 1 aromatic heterocycles. The standard InChI is InChI=1S/C69H49NS/c1-47(38-43-66-48(2)57-32-17-20-37-67(57)71-66)49-22-21-31-54(44-49)70(55-39-41-60-58-33-15-18-35-62(58)68(64(60)45-55,50-23-7-3-8-24-50)51-25-9-4-10-26-51)56-40-42-61-59-34-16-19-36-63(59)69(65(61)46-56,52-27-11-5-12-28-52)53-29-13-6-14-30-53/h3-46H,1H2,2H3/b43-38-. The second-order valence-electron chi connectivity index (χ2n) is 18.8. The maximum absolute atomic E-state index is 4.68. The molecule has 0 amide bonds. The van der Waals surface area contributed by atoms with Crippen LogP contribution >= 0.6 is 11.3 Å². The van der Waals surface area contributed by atoms with E-state index in [1.807, 2.05) is 11.3 Å². The first-order valence-electron chi connectivity index (χ1n) is 24.5. The minimum atomic E-state index is -0.558. The van der Waals surface area contributed by atoms with Crippen molar-refractivity contribution in [1.29, 1.82) is 0 Å². The highest BCUT2D eigenvalue weighted by Crippen LogP contribution is 2.59. The van der Waals surface area contributed by atoms with Gasteiger partial charge in [-0.15, -0.1) is 11.3 Å². The Kier molecular flexibility index (Phi) is 10.3. The number of allylic oxidation sites excluding steroid dienone is 2. The molecule has 11 aromatic rings. The summed E-state index contributed by atoms with van der Waals surface area (Å²) in [6.45, 7) is 6.90. The first kappa shape index (κ1) is 42.5. The van der Waals surface area contributed by atoms with Gasteiger partial charge in [-0.1, -0.05) is 225 Å². The maximum atomic E-state index is 4.68. The molecule has 71 heavy (non-hydrogen) atoms. The van der Waals surface area contributed by atoms with E-state index in [0.29, 0.717) is 0 Å². The second kappa shape index (κ2) is 17.1. The van der Waals surface area contributed by atoms with Gasteiger partial charge in [0, 0.05) is 26.6 Å². The van der Waals surface area contributed by atoms with Crippen LogP contribution in [0.2, 0.25) is 0 Å². The van der Waals surface area contributed by atoms with Crippen molar-refractivity contribution in [2.75, 3.05) is 4.90 Å². The Morgan fingerprint density at radius 2 is 0.831 bits per heavy atom. The summed E-state index contributed by atoms with van der Waals surface area (Å²) in [6.07, 6.45) is 4.42. The van der Waals surface area contributed by atoms with Crippen LogP contribution < -0.4 is 4.90 Å². The number of hydrogen-bond acceptors (Lipinski definition) is 2. The van der Waals surface area contributed by atoms with Crippen molar-refractivity contribution in [3.8, 4) is 22.3 Å². The lowest BCUT2D eigenvalue weighted by Gasteiger charge is -2.36. The van der Waals surface area contributed by atoms with Crippen LogP contribution in [0.4, 0.5) is 17.1 Å². The van der Waals surface area contributed by atoms with Crippen LogP contribution in [0.3, 0.4) is 0 Å². The summed E-state index contributed by atoms with van der Waals surface area (Å²) in [5.74, 6) is 0. The molecule has 0 atom stereocenters. The molecule has 336 valence electrons. The van der Waals surface area contributed by atoms with Crippen molar-refractivity contribution in [2.45, 2.75) is 17.8 Å². The minimum absolute atomic E-state index is 0.558. The van der Waals surface area contributed by atoms with E-state index in [2.05, 4.69) is 285 Å². The zero-order chi connectivity index (χ0) is 47.5. The maximum Gasteiger partial charge on any atom is 0.0714 e. The normalized spacial score (nSPS) is 13.6. The average molecular weight is 924 g/mol. The molecule has 0 unspecified atom stereocenters. The summed E-state index contributed by atoms with van der Waals surface area (Å²) in [5, 5.41) is 1.31. The Balaban J connectivity index is 1.04. The number of hydrogen-bond donors (Lipinski definition) is 0. The molecule has 0 saturated heterocycles. The summed E-state index contributed by atoms with van der Waals surface area (Å²) in [7, 11) is 0. The fourth-order valence-electron chi connectivity index (χ4n) is 12.1. The Morgan fingerprint density at radius 3 is 1.32 bits per heavy atom. The van der Waals surface area contributed by atoms with Gasteiger partial charge < -0.3 is 4.90 Å². The summed E-state index contributed by atoms with van der Waals surface area (Å²) < 4.78 is 1.30. The lowest BCUT2D eigenvalue weighted by molar-refractivity contribution is 0.767. The quantitative estimate of drug-likeness (QED) is 0.124. The van der Waals surface area contributed by atoms with Crippen LogP contribution in [0, 0.1) is 6.92 Å². The van der Waals surface area contributed by atoms with E-state index in [4.69, 9.17) is 0 Å². The van der Waals surface area contributed by atoms with E-state index in [1.54, 1.807) is 0 Å². The molecule has 0 spiro atoms. The van der Waals surface area contributed by atoms with Crippen LogP contribution in [-0.2, 0) is 10.8 Å².